The van der Waals surface area contributed by atoms with Crippen molar-refractivity contribution in [2.24, 2.45) is 0 Å². The highest BCUT2D eigenvalue weighted by Gasteiger charge is 2.16. The standard InChI is InChI=1S/C11H12N2O/c1-2-11-10(7-14-13-11)5-8(1)9-3-4-12-6-9/h1-2,5,7,9,12H,3-4,6H2. The van der Waals surface area contributed by atoms with Crippen molar-refractivity contribution in [3.8, 4) is 0 Å². The first kappa shape index (κ1) is 8.00. The van der Waals surface area contributed by atoms with Crippen molar-refractivity contribution in [3.63, 3.8) is 0 Å². The first-order valence-corrected chi connectivity index (χ1v) is 4.98. The fourth-order valence-electron chi connectivity index (χ4n) is 2.08. The molecule has 2 aromatic rings. The van der Waals surface area contributed by atoms with Crippen molar-refractivity contribution in [1.82, 2.24) is 10.5 Å². The number of hydrogen-bond acceptors (Lipinski definition) is 3. The van der Waals surface area contributed by atoms with Crippen molar-refractivity contribution in [2.75, 3.05) is 13.1 Å². The van der Waals surface area contributed by atoms with E-state index in [0.29, 0.717) is 5.92 Å². The highest BCUT2D eigenvalue weighted by molar-refractivity contribution is 5.77. The van der Waals surface area contributed by atoms with Gasteiger partial charge in [0.05, 0.1) is 0 Å². The summed E-state index contributed by atoms with van der Waals surface area (Å²) in [4.78, 5) is 0. The van der Waals surface area contributed by atoms with Crippen LogP contribution in [0.15, 0.2) is 29.0 Å². The lowest BCUT2D eigenvalue weighted by Gasteiger charge is -2.07. The first-order valence-electron chi connectivity index (χ1n) is 4.98. The fourth-order valence-corrected chi connectivity index (χ4v) is 2.08. The molecule has 72 valence electrons. The summed E-state index contributed by atoms with van der Waals surface area (Å²) >= 11 is 0. The molecule has 1 unspecified atom stereocenters. The van der Waals surface area contributed by atoms with E-state index in [1.54, 1.807) is 6.26 Å². The zero-order valence-electron chi connectivity index (χ0n) is 7.86. The van der Waals surface area contributed by atoms with Gasteiger partial charge >= 0.3 is 0 Å². The number of aromatic nitrogens is 1. The van der Waals surface area contributed by atoms with Gasteiger partial charge in [0.2, 0.25) is 0 Å². The summed E-state index contributed by atoms with van der Waals surface area (Å²) < 4.78 is 4.92. The number of hydrogen-bond donors (Lipinski definition) is 1. The number of nitrogens with zero attached hydrogens (tertiary/aromatic N) is 1. The number of nitrogens with one attached hydrogen (secondary N) is 1. The summed E-state index contributed by atoms with van der Waals surface area (Å²) in [6.07, 6.45) is 2.94. The summed E-state index contributed by atoms with van der Waals surface area (Å²) in [5.74, 6) is 0.661. The lowest BCUT2D eigenvalue weighted by molar-refractivity contribution is 0.428. The van der Waals surface area contributed by atoms with Gasteiger partial charge in [0.15, 0.2) is 0 Å². The molecule has 0 bridgehead atoms. The Morgan fingerprint density at radius 3 is 3.29 bits per heavy atom. The maximum absolute atomic E-state index is 4.92. The van der Waals surface area contributed by atoms with E-state index in [2.05, 4.69) is 22.6 Å². The van der Waals surface area contributed by atoms with Crippen LogP contribution in [0.4, 0.5) is 0 Å². The van der Waals surface area contributed by atoms with Gasteiger partial charge in [-0.25, -0.2) is 0 Å². The minimum absolute atomic E-state index is 0.661. The molecule has 3 nitrogen and oxygen atoms in total. The maximum Gasteiger partial charge on any atom is 0.131 e. The zero-order chi connectivity index (χ0) is 9.38. The Balaban J connectivity index is 2.04. The second-order valence-electron chi connectivity index (χ2n) is 3.82. The van der Waals surface area contributed by atoms with Gasteiger partial charge in [-0.15, -0.1) is 0 Å². The lowest BCUT2D eigenvalue weighted by Crippen LogP contribution is -2.07. The Bertz CT molecular complexity index is 443. The summed E-state index contributed by atoms with van der Waals surface area (Å²) in [6.45, 7) is 2.23. The molecule has 1 saturated heterocycles. The first-order chi connectivity index (χ1) is 6.93. The third kappa shape index (κ3) is 1.21. The topological polar surface area (TPSA) is 38.1 Å². The molecule has 0 radical (unpaired) electrons. The predicted octanol–water partition coefficient (Wildman–Crippen LogP) is 1.90. The minimum atomic E-state index is 0.661. The van der Waals surface area contributed by atoms with E-state index in [1.165, 1.54) is 12.0 Å². The quantitative estimate of drug-likeness (QED) is 0.742. The Morgan fingerprint density at radius 1 is 1.43 bits per heavy atom. The molecule has 1 aromatic heterocycles. The van der Waals surface area contributed by atoms with Crippen LogP contribution in [0, 0.1) is 0 Å². The summed E-state index contributed by atoms with van der Waals surface area (Å²) in [6, 6.07) is 6.37. The number of rotatable bonds is 1. The van der Waals surface area contributed by atoms with Crippen LogP contribution in [0.5, 0.6) is 0 Å². The van der Waals surface area contributed by atoms with Gasteiger partial charge in [0, 0.05) is 11.9 Å². The molecule has 1 aromatic carbocycles. The predicted molar refractivity (Wildman–Crippen MR) is 54.2 cm³/mol. The Hall–Kier alpha value is -1.35. The molecule has 3 rings (SSSR count). The minimum Gasteiger partial charge on any atom is -0.364 e. The number of fused-ring (bicyclic) bond motifs is 1. The molecule has 1 N–H and O–H groups in total. The number of benzene rings is 1. The van der Waals surface area contributed by atoms with Crippen LogP contribution in [0.3, 0.4) is 0 Å². The molecule has 2 heterocycles. The van der Waals surface area contributed by atoms with Crippen LogP contribution >= 0.6 is 0 Å². The Morgan fingerprint density at radius 2 is 2.43 bits per heavy atom. The SMILES string of the molecule is c1cc2nocc2cc1C1CCNC1. The normalized spacial score (nSPS) is 21.9. The van der Waals surface area contributed by atoms with E-state index in [9.17, 15) is 0 Å². The third-order valence-electron chi connectivity index (χ3n) is 2.91. The van der Waals surface area contributed by atoms with Gasteiger partial charge in [0.1, 0.15) is 11.8 Å². The average Bonchev–Trinajstić information content (AvgIpc) is 2.88. The van der Waals surface area contributed by atoms with Crippen LogP contribution in [0.2, 0.25) is 0 Å². The van der Waals surface area contributed by atoms with Gasteiger partial charge in [-0.1, -0.05) is 11.2 Å². The van der Waals surface area contributed by atoms with Crippen molar-refractivity contribution in [1.29, 1.82) is 0 Å². The average molecular weight is 188 g/mol. The van der Waals surface area contributed by atoms with Crippen molar-refractivity contribution < 1.29 is 4.52 Å². The molecule has 0 aliphatic carbocycles. The molecule has 1 fully saturated rings. The second kappa shape index (κ2) is 3.10. The lowest BCUT2D eigenvalue weighted by atomic mass is 9.97. The van der Waals surface area contributed by atoms with E-state index < -0.39 is 0 Å². The van der Waals surface area contributed by atoms with Crippen molar-refractivity contribution >= 4 is 10.9 Å². The smallest absolute Gasteiger partial charge is 0.131 e. The van der Waals surface area contributed by atoms with Gasteiger partial charge in [-0.3, -0.25) is 0 Å². The Labute approximate surface area is 82.1 Å². The largest absolute Gasteiger partial charge is 0.364 e. The summed E-state index contributed by atoms with van der Waals surface area (Å²) in [5, 5.41) is 8.38. The fraction of sp³-hybridized carbons (Fsp3) is 0.364. The van der Waals surface area contributed by atoms with E-state index in [0.717, 1.165) is 24.0 Å². The monoisotopic (exact) mass is 188 g/mol. The van der Waals surface area contributed by atoms with Crippen LogP contribution < -0.4 is 5.32 Å². The summed E-state index contributed by atoms with van der Waals surface area (Å²) in [7, 11) is 0. The van der Waals surface area contributed by atoms with E-state index in [4.69, 9.17) is 4.52 Å². The maximum atomic E-state index is 4.92. The zero-order valence-corrected chi connectivity index (χ0v) is 7.86. The van der Waals surface area contributed by atoms with Crippen molar-refractivity contribution in [2.45, 2.75) is 12.3 Å². The molecular formula is C11H12N2O. The molecular weight excluding hydrogens is 176 g/mol. The highest BCUT2D eigenvalue weighted by Crippen LogP contribution is 2.25. The van der Waals surface area contributed by atoms with E-state index in [1.807, 2.05) is 6.07 Å². The second-order valence-corrected chi connectivity index (χ2v) is 3.82. The summed E-state index contributed by atoms with van der Waals surface area (Å²) in [5.41, 5.74) is 2.34. The molecule has 3 heteroatoms. The molecule has 0 spiro atoms. The van der Waals surface area contributed by atoms with E-state index >= 15 is 0 Å². The molecule has 1 atom stereocenters. The van der Waals surface area contributed by atoms with Crippen LogP contribution in [-0.2, 0) is 0 Å². The molecule has 0 amide bonds. The molecule has 0 saturated carbocycles. The van der Waals surface area contributed by atoms with Crippen LogP contribution in [-0.4, -0.2) is 18.2 Å². The van der Waals surface area contributed by atoms with Gasteiger partial charge in [0.25, 0.3) is 0 Å². The third-order valence-corrected chi connectivity index (χ3v) is 2.91. The van der Waals surface area contributed by atoms with E-state index in [-0.39, 0.29) is 0 Å². The highest BCUT2D eigenvalue weighted by atomic mass is 16.5. The Kier molecular flexibility index (Phi) is 1.77. The molecule has 1 aliphatic rings. The van der Waals surface area contributed by atoms with Crippen LogP contribution in [0.25, 0.3) is 10.9 Å². The van der Waals surface area contributed by atoms with Gasteiger partial charge in [-0.2, -0.15) is 0 Å². The van der Waals surface area contributed by atoms with Crippen LogP contribution in [0.1, 0.15) is 17.9 Å². The van der Waals surface area contributed by atoms with Gasteiger partial charge < -0.3 is 9.84 Å². The molecule has 14 heavy (non-hydrogen) atoms. The van der Waals surface area contributed by atoms with Gasteiger partial charge in [-0.05, 0) is 36.6 Å². The molecule has 1 aliphatic heterocycles. The van der Waals surface area contributed by atoms with Crippen molar-refractivity contribution in [3.05, 3.63) is 30.0 Å².